The molecule has 1 atom stereocenters. The van der Waals surface area contributed by atoms with Crippen molar-refractivity contribution in [2.75, 3.05) is 11.2 Å². The van der Waals surface area contributed by atoms with Crippen LogP contribution in [-0.2, 0) is 16.0 Å². The third kappa shape index (κ3) is 6.37. The smallest absolute Gasteiger partial charge is 0.249 e. The molecule has 0 spiro atoms. The minimum Gasteiger partial charge on any atom is -0.344 e. The zero-order chi connectivity index (χ0) is 20.5. The van der Waals surface area contributed by atoms with E-state index < -0.39 is 6.04 Å². The highest BCUT2D eigenvalue weighted by molar-refractivity contribution is 7.18. The third-order valence-electron chi connectivity index (χ3n) is 4.15. The molecule has 3 aromatic rings. The Morgan fingerprint density at radius 3 is 2.38 bits per heavy atom. The zero-order valence-corrected chi connectivity index (χ0v) is 17.2. The molecule has 1 heterocycles. The van der Waals surface area contributed by atoms with Crippen LogP contribution >= 0.6 is 22.9 Å². The van der Waals surface area contributed by atoms with E-state index >= 15 is 0 Å². The molecule has 0 fully saturated rings. The van der Waals surface area contributed by atoms with Crippen molar-refractivity contribution in [3.8, 4) is 10.6 Å². The average Bonchev–Trinajstić information content (AvgIpc) is 3.21. The average molecular weight is 429 g/mol. The number of hydrogen-bond acceptors (Lipinski definition) is 5. The van der Waals surface area contributed by atoms with Crippen LogP contribution in [0.5, 0.6) is 0 Å². The molecule has 1 aromatic heterocycles. The molecule has 0 aliphatic carbocycles. The summed E-state index contributed by atoms with van der Waals surface area (Å²) in [7, 11) is 0. The highest BCUT2D eigenvalue weighted by atomic mass is 35.5. The Kier molecular flexibility index (Phi) is 7.72. The van der Waals surface area contributed by atoms with E-state index in [9.17, 15) is 9.59 Å². The second kappa shape index (κ2) is 10.7. The maximum absolute atomic E-state index is 12.9. The van der Waals surface area contributed by atoms with Gasteiger partial charge in [0.15, 0.2) is 0 Å². The maximum atomic E-state index is 12.9. The van der Waals surface area contributed by atoms with Crippen molar-refractivity contribution in [1.82, 2.24) is 15.5 Å². The van der Waals surface area contributed by atoms with Gasteiger partial charge in [0.05, 0.1) is 0 Å². The van der Waals surface area contributed by atoms with Crippen LogP contribution in [-0.4, -0.2) is 33.9 Å². The van der Waals surface area contributed by atoms with Crippen molar-refractivity contribution < 1.29 is 9.59 Å². The lowest BCUT2D eigenvalue weighted by atomic mass is 10.1. The Morgan fingerprint density at radius 2 is 1.69 bits per heavy atom. The summed E-state index contributed by atoms with van der Waals surface area (Å²) in [4.78, 5) is 25.0. The minimum atomic E-state index is -0.718. The summed E-state index contributed by atoms with van der Waals surface area (Å²) in [5, 5.41) is 14.9. The fourth-order valence-corrected chi connectivity index (χ4v) is 3.60. The summed E-state index contributed by atoms with van der Waals surface area (Å²) in [5.74, 6) is -0.136. The quantitative estimate of drug-likeness (QED) is 0.506. The minimum absolute atomic E-state index is 0.205. The first-order valence-corrected chi connectivity index (χ1v) is 10.6. The topological polar surface area (TPSA) is 84.0 Å². The lowest BCUT2D eigenvalue weighted by molar-refractivity contribution is -0.126. The molecule has 1 unspecified atom stereocenters. The molecular weight excluding hydrogens is 408 g/mol. The van der Waals surface area contributed by atoms with Gasteiger partial charge in [-0.2, -0.15) is 0 Å². The number of aromatic nitrogens is 2. The van der Waals surface area contributed by atoms with Crippen LogP contribution in [0.3, 0.4) is 0 Å². The molecule has 3 rings (SSSR count). The van der Waals surface area contributed by atoms with E-state index in [-0.39, 0.29) is 18.2 Å². The van der Waals surface area contributed by atoms with E-state index in [1.54, 1.807) is 0 Å². The van der Waals surface area contributed by atoms with Crippen molar-refractivity contribution in [3.05, 3.63) is 66.2 Å². The molecule has 2 aromatic carbocycles. The molecule has 2 N–H and O–H groups in total. The Hall–Kier alpha value is -2.77. The van der Waals surface area contributed by atoms with E-state index in [0.29, 0.717) is 28.9 Å². The number of alkyl halides is 1. The van der Waals surface area contributed by atoms with Crippen molar-refractivity contribution in [2.24, 2.45) is 0 Å². The summed E-state index contributed by atoms with van der Waals surface area (Å²) in [5.41, 5.74) is 1.88. The lowest BCUT2D eigenvalue weighted by Gasteiger charge is -2.17. The highest BCUT2D eigenvalue weighted by Gasteiger charge is 2.22. The number of anilines is 1. The maximum Gasteiger partial charge on any atom is 0.249 e. The number of nitrogens with one attached hydrogen (secondary N) is 2. The predicted octanol–water partition coefficient (Wildman–Crippen LogP) is 3.89. The van der Waals surface area contributed by atoms with Crippen molar-refractivity contribution >= 4 is 39.9 Å². The standard InChI is InChI=1S/C21H21ClN4O2S/c22-13-7-12-18(27)23-17(14-15-8-3-1-4-9-15)19(28)24-21-26-25-20(29-21)16-10-5-2-6-11-16/h1-6,8-11,17H,7,12-14H2,(H,23,27)(H,24,26,28). The molecule has 0 saturated carbocycles. The van der Waals surface area contributed by atoms with Gasteiger partial charge in [-0.25, -0.2) is 0 Å². The number of nitrogens with zero attached hydrogens (tertiary/aromatic N) is 2. The molecule has 150 valence electrons. The summed E-state index contributed by atoms with van der Waals surface area (Å²) in [6.45, 7) is 0. The largest absolute Gasteiger partial charge is 0.344 e. The molecule has 0 radical (unpaired) electrons. The summed E-state index contributed by atoms with van der Waals surface area (Å²) in [6, 6.07) is 18.5. The van der Waals surface area contributed by atoms with E-state index in [0.717, 1.165) is 11.1 Å². The fourth-order valence-electron chi connectivity index (χ4n) is 2.72. The molecule has 8 heteroatoms. The summed E-state index contributed by atoms with van der Waals surface area (Å²) in [6.07, 6.45) is 1.21. The van der Waals surface area contributed by atoms with Gasteiger partial charge in [-0.1, -0.05) is 72.0 Å². The molecule has 29 heavy (non-hydrogen) atoms. The van der Waals surface area contributed by atoms with Crippen molar-refractivity contribution in [2.45, 2.75) is 25.3 Å². The predicted molar refractivity (Wildman–Crippen MR) is 116 cm³/mol. The van der Waals surface area contributed by atoms with E-state index in [1.165, 1.54) is 11.3 Å². The first kappa shape index (κ1) is 21.0. The van der Waals surface area contributed by atoms with Gasteiger partial charge >= 0.3 is 0 Å². The van der Waals surface area contributed by atoms with Crippen LogP contribution in [0.4, 0.5) is 5.13 Å². The van der Waals surface area contributed by atoms with Crippen LogP contribution in [0.2, 0.25) is 0 Å². The van der Waals surface area contributed by atoms with Gasteiger partial charge in [0, 0.05) is 24.3 Å². The Bertz CT molecular complexity index is 934. The molecule has 0 aliphatic rings. The van der Waals surface area contributed by atoms with Gasteiger partial charge in [0.2, 0.25) is 16.9 Å². The lowest BCUT2D eigenvalue weighted by Crippen LogP contribution is -2.45. The van der Waals surface area contributed by atoms with E-state index in [1.807, 2.05) is 60.7 Å². The number of carbonyl (C=O) groups excluding carboxylic acids is 2. The van der Waals surface area contributed by atoms with Crippen LogP contribution < -0.4 is 10.6 Å². The second-order valence-electron chi connectivity index (χ2n) is 6.37. The number of amides is 2. The number of halogens is 1. The first-order chi connectivity index (χ1) is 14.2. The number of benzene rings is 2. The van der Waals surface area contributed by atoms with Gasteiger partial charge in [-0.3, -0.25) is 14.9 Å². The second-order valence-corrected chi connectivity index (χ2v) is 7.73. The normalized spacial score (nSPS) is 11.6. The van der Waals surface area contributed by atoms with E-state index in [2.05, 4.69) is 20.8 Å². The Balaban J connectivity index is 1.70. The molecule has 0 saturated heterocycles. The van der Waals surface area contributed by atoms with Gasteiger partial charge in [0.1, 0.15) is 11.0 Å². The monoisotopic (exact) mass is 428 g/mol. The molecule has 2 amide bonds. The Morgan fingerprint density at radius 1 is 1.00 bits per heavy atom. The summed E-state index contributed by atoms with van der Waals surface area (Å²) >= 11 is 6.95. The van der Waals surface area contributed by atoms with Gasteiger partial charge in [-0.15, -0.1) is 21.8 Å². The Labute approximate surface area is 178 Å². The fraction of sp³-hybridized carbons (Fsp3) is 0.238. The molecular formula is C21H21ClN4O2S. The van der Waals surface area contributed by atoms with E-state index in [4.69, 9.17) is 11.6 Å². The molecule has 0 aliphatic heterocycles. The zero-order valence-electron chi connectivity index (χ0n) is 15.7. The first-order valence-electron chi connectivity index (χ1n) is 9.25. The van der Waals surface area contributed by atoms with Crippen molar-refractivity contribution in [3.63, 3.8) is 0 Å². The number of carbonyl (C=O) groups is 2. The van der Waals surface area contributed by atoms with Crippen LogP contribution in [0.1, 0.15) is 18.4 Å². The van der Waals surface area contributed by atoms with Crippen molar-refractivity contribution in [1.29, 1.82) is 0 Å². The third-order valence-corrected chi connectivity index (χ3v) is 5.30. The van der Waals surface area contributed by atoms with Gasteiger partial charge in [0.25, 0.3) is 0 Å². The van der Waals surface area contributed by atoms with Crippen LogP contribution in [0, 0.1) is 0 Å². The summed E-state index contributed by atoms with van der Waals surface area (Å²) < 4.78 is 0. The number of rotatable bonds is 9. The van der Waals surface area contributed by atoms with Gasteiger partial charge < -0.3 is 5.32 Å². The highest BCUT2D eigenvalue weighted by Crippen LogP contribution is 2.26. The molecule has 6 nitrogen and oxygen atoms in total. The SMILES string of the molecule is O=C(CCCCl)NC(Cc1ccccc1)C(=O)Nc1nnc(-c2ccccc2)s1. The van der Waals surface area contributed by atoms with Gasteiger partial charge in [-0.05, 0) is 12.0 Å². The van der Waals surface area contributed by atoms with Crippen LogP contribution in [0.25, 0.3) is 10.6 Å². The van der Waals surface area contributed by atoms with Crippen LogP contribution in [0.15, 0.2) is 60.7 Å². The molecule has 0 bridgehead atoms. The number of hydrogen-bond donors (Lipinski definition) is 2.